The maximum Gasteiger partial charge on any atom is 0.158 e. The Labute approximate surface area is 133 Å². The topological polar surface area (TPSA) is 22.1 Å². The molecule has 1 aromatic heterocycles. The van der Waals surface area contributed by atoms with Crippen LogP contribution in [-0.4, -0.2) is 16.9 Å². The van der Waals surface area contributed by atoms with E-state index in [2.05, 4.69) is 50.4 Å². The van der Waals surface area contributed by atoms with Crippen molar-refractivity contribution in [1.82, 2.24) is 4.98 Å². The molecule has 0 aliphatic carbocycles. The zero-order chi connectivity index (χ0) is 13.1. The molecule has 0 spiro atoms. The highest BCUT2D eigenvalue weighted by molar-refractivity contribution is 14.1. The fourth-order valence-electron chi connectivity index (χ4n) is 1.55. The van der Waals surface area contributed by atoms with Gasteiger partial charge in [0.25, 0.3) is 0 Å². The summed E-state index contributed by atoms with van der Waals surface area (Å²) in [5.74, 6) is 1.28. The van der Waals surface area contributed by atoms with E-state index in [0.717, 1.165) is 25.6 Å². The summed E-state index contributed by atoms with van der Waals surface area (Å²) >= 11 is 11.9. The molecule has 2 nitrogen and oxygen atoms in total. The quantitative estimate of drug-likeness (QED) is 0.498. The molecule has 1 atom stereocenters. The molecular weight excluding hydrogens is 428 g/mol. The maximum absolute atomic E-state index is 6.22. The van der Waals surface area contributed by atoms with E-state index in [9.17, 15) is 0 Å². The molecule has 0 aliphatic rings. The summed E-state index contributed by atoms with van der Waals surface area (Å²) in [6.07, 6.45) is 1.76. The minimum absolute atomic E-state index is 0.454. The number of ether oxygens (including phenoxy) is 1. The first kappa shape index (κ1) is 14.3. The average molecular weight is 441 g/mol. The number of benzene rings is 1. The van der Waals surface area contributed by atoms with Gasteiger partial charge in [-0.05, 0) is 46.7 Å². The highest BCUT2D eigenvalue weighted by atomic mass is 127. The molecule has 0 radical (unpaired) electrons. The van der Waals surface area contributed by atoms with Gasteiger partial charge in [0.1, 0.15) is 5.52 Å². The second kappa shape index (κ2) is 6.39. The predicted molar refractivity (Wildman–Crippen MR) is 87.9 cm³/mol. The van der Waals surface area contributed by atoms with E-state index in [1.807, 2.05) is 18.2 Å². The van der Waals surface area contributed by atoms with E-state index in [0.29, 0.717) is 17.5 Å². The molecule has 0 fully saturated rings. The molecule has 1 heterocycles. The lowest BCUT2D eigenvalue weighted by molar-refractivity contribution is 0.275. The highest BCUT2D eigenvalue weighted by Gasteiger charge is 2.13. The Morgan fingerprint density at radius 1 is 1.56 bits per heavy atom. The molecule has 0 amide bonds. The summed E-state index contributed by atoms with van der Waals surface area (Å²) in [6, 6.07) is 5.76. The summed E-state index contributed by atoms with van der Waals surface area (Å²) in [7, 11) is 0. The maximum atomic E-state index is 6.22. The van der Waals surface area contributed by atoms with Gasteiger partial charge in [-0.2, -0.15) is 0 Å². The molecule has 0 aliphatic heterocycles. The number of rotatable bonds is 4. The van der Waals surface area contributed by atoms with Crippen LogP contribution in [0.3, 0.4) is 0 Å². The Morgan fingerprint density at radius 3 is 3.06 bits per heavy atom. The molecule has 1 unspecified atom stereocenters. The normalized spacial score (nSPS) is 12.7. The molecule has 0 saturated heterocycles. The first-order valence-corrected chi connectivity index (χ1v) is 8.12. The third-order valence-electron chi connectivity index (χ3n) is 2.53. The summed E-state index contributed by atoms with van der Waals surface area (Å²) in [5, 5.41) is 2.56. The zero-order valence-corrected chi connectivity index (χ0v) is 14.3. The van der Waals surface area contributed by atoms with Crippen LogP contribution in [0, 0.1) is 9.49 Å². The Balaban J connectivity index is 2.43. The minimum atomic E-state index is 0.454. The second-order valence-electron chi connectivity index (χ2n) is 4.14. The van der Waals surface area contributed by atoms with Gasteiger partial charge in [0.05, 0.1) is 15.2 Å². The Kier molecular flexibility index (Phi) is 5.09. The first-order valence-electron chi connectivity index (χ1n) is 5.55. The van der Waals surface area contributed by atoms with Crippen molar-refractivity contribution in [2.75, 3.05) is 11.9 Å². The number of aromatic nitrogens is 1. The number of nitrogens with zero attached hydrogens (tertiary/aromatic N) is 1. The standard InChI is InChI=1S/C13H12BrClINO/c1-8(6-14)7-18-13-11(16)5-10(15)9-3-2-4-17-12(9)13/h2-5,8H,6-7H2,1H3. The number of alkyl halides is 1. The second-order valence-corrected chi connectivity index (χ2v) is 6.36. The van der Waals surface area contributed by atoms with Crippen LogP contribution >= 0.6 is 50.1 Å². The van der Waals surface area contributed by atoms with Crippen molar-refractivity contribution in [2.45, 2.75) is 6.92 Å². The van der Waals surface area contributed by atoms with Crippen LogP contribution < -0.4 is 4.74 Å². The Bertz CT molecular complexity index is 564. The lowest BCUT2D eigenvalue weighted by atomic mass is 10.2. The molecule has 0 saturated carbocycles. The van der Waals surface area contributed by atoms with Crippen molar-refractivity contribution < 1.29 is 4.74 Å². The van der Waals surface area contributed by atoms with Gasteiger partial charge in [-0.25, -0.2) is 0 Å². The molecular formula is C13H12BrClINO. The average Bonchev–Trinajstić information content (AvgIpc) is 2.38. The Hall–Kier alpha value is -0.0700. The molecule has 2 rings (SSSR count). The number of halogens is 3. The van der Waals surface area contributed by atoms with Crippen molar-refractivity contribution in [1.29, 1.82) is 0 Å². The van der Waals surface area contributed by atoms with Crippen LogP contribution in [0.5, 0.6) is 5.75 Å². The zero-order valence-electron chi connectivity index (χ0n) is 9.79. The third kappa shape index (κ3) is 3.08. The lowest BCUT2D eigenvalue weighted by Crippen LogP contribution is -2.10. The summed E-state index contributed by atoms with van der Waals surface area (Å²) in [6.45, 7) is 2.79. The predicted octanol–water partition coefficient (Wildman–Crippen LogP) is 4.90. The third-order valence-corrected chi connectivity index (χ3v) is 4.75. The van der Waals surface area contributed by atoms with Gasteiger partial charge in [-0.3, -0.25) is 4.98 Å². The van der Waals surface area contributed by atoms with E-state index in [1.54, 1.807) is 6.20 Å². The van der Waals surface area contributed by atoms with Gasteiger partial charge < -0.3 is 4.74 Å². The Morgan fingerprint density at radius 2 is 2.33 bits per heavy atom. The van der Waals surface area contributed by atoms with Crippen molar-refractivity contribution in [3.05, 3.63) is 33.0 Å². The summed E-state index contributed by atoms with van der Waals surface area (Å²) in [5.41, 5.74) is 0.830. The SMILES string of the molecule is CC(CBr)COc1c(I)cc(Cl)c2cccnc12. The van der Waals surface area contributed by atoms with E-state index in [1.165, 1.54) is 0 Å². The van der Waals surface area contributed by atoms with Crippen LogP contribution in [0.4, 0.5) is 0 Å². The van der Waals surface area contributed by atoms with Crippen molar-refractivity contribution in [3.8, 4) is 5.75 Å². The van der Waals surface area contributed by atoms with Crippen LogP contribution in [0.25, 0.3) is 10.9 Å². The van der Waals surface area contributed by atoms with Crippen molar-refractivity contribution >= 4 is 61.0 Å². The fourth-order valence-corrected chi connectivity index (χ4v) is 2.91. The number of hydrogen-bond donors (Lipinski definition) is 0. The monoisotopic (exact) mass is 439 g/mol. The first-order chi connectivity index (χ1) is 8.63. The van der Waals surface area contributed by atoms with Gasteiger partial charge in [-0.1, -0.05) is 34.5 Å². The van der Waals surface area contributed by atoms with Gasteiger partial charge in [0, 0.05) is 16.9 Å². The summed E-state index contributed by atoms with van der Waals surface area (Å²) in [4.78, 5) is 4.38. The lowest BCUT2D eigenvalue weighted by Gasteiger charge is -2.14. The number of pyridine rings is 1. The fraction of sp³-hybridized carbons (Fsp3) is 0.308. The molecule has 96 valence electrons. The van der Waals surface area contributed by atoms with Crippen LogP contribution in [0.15, 0.2) is 24.4 Å². The number of hydrogen-bond acceptors (Lipinski definition) is 2. The van der Waals surface area contributed by atoms with Gasteiger partial charge in [-0.15, -0.1) is 0 Å². The van der Waals surface area contributed by atoms with E-state index < -0.39 is 0 Å². The van der Waals surface area contributed by atoms with E-state index in [-0.39, 0.29) is 0 Å². The van der Waals surface area contributed by atoms with Crippen molar-refractivity contribution in [2.24, 2.45) is 5.92 Å². The van der Waals surface area contributed by atoms with Crippen molar-refractivity contribution in [3.63, 3.8) is 0 Å². The van der Waals surface area contributed by atoms with E-state index >= 15 is 0 Å². The molecule has 5 heteroatoms. The smallest absolute Gasteiger partial charge is 0.158 e. The molecule has 1 aromatic carbocycles. The van der Waals surface area contributed by atoms with Crippen LogP contribution in [0.2, 0.25) is 5.02 Å². The van der Waals surface area contributed by atoms with E-state index in [4.69, 9.17) is 16.3 Å². The van der Waals surface area contributed by atoms with Gasteiger partial charge in [0.15, 0.2) is 5.75 Å². The molecule has 0 bridgehead atoms. The van der Waals surface area contributed by atoms with Gasteiger partial charge >= 0.3 is 0 Å². The molecule has 0 N–H and O–H groups in total. The largest absolute Gasteiger partial charge is 0.490 e. The molecule has 2 aromatic rings. The summed E-state index contributed by atoms with van der Waals surface area (Å²) < 4.78 is 6.89. The highest BCUT2D eigenvalue weighted by Crippen LogP contribution is 2.34. The van der Waals surface area contributed by atoms with Crippen LogP contribution in [-0.2, 0) is 0 Å². The molecule has 18 heavy (non-hydrogen) atoms. The number of fused-ring (bicyclic) bond motifs is 1. The van der Waals surface area contributed by atoms with Gasteiger partial charge in [0.2, 0.25) is 0 Å². The van der Waals surface area contributed by atoms with Crippen LogP contribution in [0.1, 0.15) is 6.92 Å². The minimum Gasteiger partial charge on any atom is -0.490 e.